The van der Waals surface area contributed by atoms with Crippen molar-refractivity contribution in [2.75, 3.05) is 16.4 Å². The molecule has 0 saturated carbocycles. The number of rotatable bonds is 9. The zero-order chi connectivity index (χ0) is 28.9. The molecule has 0 unspecified atom stereocenters. The van der Waals surface area contributed by atoms with E-state index in [-0.39, 0.29) is 17.9 Å². The lowest BCUT2D eigenvalue weighted by Crippen LogP contribution is -2.57. The van der Waals surface area contributed by atoms with Crippen LogP contribution in [0, 0.1) is 0 Å². The predicted molar refractivity (Wildman–Crippen MR) is 149 cm³/mol. The van der Waals surface area contributed by atoms with Crippen molar-refractivity contribution in [3.63, 3.8) is 0 Å². The largest absolute Gasteiger partial charge is 0.490 e. The third kappa shape index (κ3) is 5.57. The van der Waals surface area contributed by atoms with Crippen LogP contribution in [-0.2, 0) is 16.2 Å². The molecule has 2 heterocycles. The van der Waals surface area contributed by atoms with Gasteiger partial charge in [-0.3, -0.25) is 9.59 Å². The van der Waals surface area contributed by atoms with Gasteiger partial charge in [0.05, 0.1) is 18.0 Å². The van der Waals surface area contributed by atoms with E-state index < -0.39 is 23.8 Å². The summed E-state index contributed by atoms with van der Waals surface area (Å²) in [5, 5.41) is 9.04. The molecule has 1 aliphatic rings. The number of hydrogen-bond donors (Lipinski definition) is 1. The van der Waals surface area contributed by atoms with Gasteiger partial charge >= 0.3 is 12.0 Å². The molecule has 41 heavy (non-hydrogen) atoms. The van der Waals surface area contributed by atoms with E-state index in [1.54, 1.807) is 85.8 Å². The highest BCUT2D eigenvalue weighted by atomic mass is 16.5. The summed E-state index contributed by atoms with van der Waals surface area (Å²) in [6.45, 7) is 2.04. The summed E-state index contributed by atoms with van der Waals surface area (Å²) in [4.78, 5) is 53.7. The van der Waals surface area contributed by atoms with Crippen molar-refractivity contribution < 1.29 is 38.2 Å². The molecule has 1 N–H and O–H groups in total. The molecule has 0 bridgehead atoms. The molecule has 0 aliphatic carbocycles. The lowest BCUT2D eigenvalue weighted by atomic mass is 10.0. The van der Waals surface area contributed by atoms with Gasteiger partial charge in [0.25, 0.3) is 11.8 Å². The number of urea groups is 1. The summed E-state index contributed by atoms with van der Waals surface area (Å²) in [7, 11) is 0. The van der Waals surface area contributed by atoms with Crippen LogP contribution in [0.2, 0.25) is 0 Å². The lowest BCUT2D eigenvalue weighted by molar-refractivity contribution is -0.121. The number of carbonyl (C=O) groups is 4. The molecule has 4 amide bonds. The predicted octanol–water partition coefficient (Wildman–Crippen LogP) is 5.54. The van der Waals surface area contributed by atoms with Crippen molar-refractivity contribution in [3.05, 3.63) is 114 Å². The third-order valence-electron chi connectivity index (χ3n) is 6.10. The number of ether oxygens (including phenoxy) is 2. The van der Waals surface area contributed by atoms with Crippen molar-refractivity contribution in [2.24, 2.45) is 0 Å². The number of imide groups is 2. The number of benzene rings is 3. The van der Waals surface area contributed by atoms with Crippen molar-refractivity contribution in [1.82, 2.24) is 0 Å². The fourth-order valence-electron chi connectivity index (χ4n) is 4.23. The molecule has 0 radical (unpaired) electrons. The number of carbonyl (C=O) groups excluding carboxylic acids is 3. The number of aromatic carboxylic acids is 1. The van der Waals surface area contributed by atoms with Crippen LogP contribution >= 0.6 is 0 Å². The fraction of sp³-hybridized carbons (Fsp3) is 0.0968. The smallest absolute Gasteiger partial charge is 0.371 e. The van der Waals surface area contributed by atoms with Gasteiger partial charge in [0.2, 0.25) is 5.76 Å². The van der Waals surface area contributed by atoms with Crippen molar-refractivity contribution in [2.45, 2.75) is 13.5 Å². The number of carboxylic acid groups (broad SMARTS) is 1. The topological polar surface area (TPSA) is 127 Å². The summed E-state index contributed by atoms with van der Waals surface area (Å²) < 4.78 is 16.7. The van der Waals surface area contributed by atoms with Gasteiger partial charge in [-0.1, -0.05) is 42.5 Å². The first kappa shape index (κ1) is 26.9. The number of amides is 4. The number of hydrogen-bond acceptors (Lipinski definition) is 7. The maximum absolute atomic E-state index is 13.6. The molecule has 1 aliphatic heterocycles. The van der Waals surface area contributed by atoms with Gasteiger partial charge in [0, 0.05) is 0 Å². The van der Waals surface area contributed by atoms with E-state index in [1.165, 1.54) is 18.2 Å². The molecule has 1 saturated heterocycles. The summed E-state index contributed by atoms with van der Waals surface area (Å²) in [5.74, 6) is -1.93. The number of anilines is 2. The molecule has 5 rings (SSSR count). The average Bonchev–Trinajstić information content (AvgIpc) is 3.46. The summed E-state index contributed by atoms with van der Waals surface area (Å²) in [6.07, 6.45) is 1.40. The standard InChI is InChI=1S/C31H24N2O8/c1-2-39-27-18-20(13-15-25(27)40-19-23-14-16-26(41-23)30(36)37)17-24-28(34)32(21-9-5-3-6-10-21)31(38)33(29(24)35)22-11-7-4-8-12-22/h3-18H,2,19H2,1H3,(H,36,37). The van der Waals surface area contributed by atoms with Crippen LogP contribution in [-0.4, -0.2) is 35.5 Å². The van der Waals surface area contributed by atoms with E-state index in [1.807, 2.05) is 0 Å². The first-order valence-electron chi connectivity index (χ1n) is 12.6. The molecular weight excluding hydrogens is 528 g/mol. The highest BCUT2D eigenvalue weighted by Gasteiger charge is 2.43. The summed E-state index contributed by atoms with van der Waals surface area (Å²) >= 11 is 0. The summed E-state index contributed by atoms with van der Waals surface area (Å²) in [6, 6.07) is 23.7. The van der Waals surface area contributed by atoms with E-state index in [0.717, 1.165) is 9.80 Å². The molecule has 10 nitrogen and oxygen atoms in total. The Morgan fingerprint density at radius 3 is 1.95 bits per heavy atom. The number of para-hydroxylation sites is 2. The Morgan fingerprint density at radius 2 is 1.41 bits per heavy atom. The van der Waals surface area contributed by atoms with Gasteiger partial charge in [-0.05, 0) is 67.1 Å². The quantitative estimate of drug-likeness (QED) is 0.212. The van der Waals surface area contributed by atoms with Gasteiger partial charge in [0.1, 0.15) is 17.9 Å². The Bertz CT molecular complexity index is 1580. The van der Waals surface area contributed by atoms with Gasteiger partial charge in [-0.15, -0.1) is 0 Å². The van der Waals surface area contributed by atoms with Crippen LogP contribution in [0.25, 0.3) is 6.08 Å². The Morgan fingerprint density at radius 1 is 0.805 bits per heavy atom. The lowest BCUT2D eigenvalue weighted by Gasteiger charge is -2.33. The molecule has 3 aromatic carbocycles. The normalized spacial score (nSPS) is 13.4. The number of barbiturate groups is 1. The second kappa shape index (κ2) is 11.6. The van der Waals surface area contributed by atoms with Crippen molar-refractivity contribution in [1.29, 1.82) is 0 Å². The molecular formula is C31H24N2O8. The summed E-state index contributed by atoms with van der Waals surface area (Å²) in [5.41, 5.74) is 0.887. The number of nitrogens with zero attached hydrogens (tertiary/aromatic N) is 2. The highest BCUT2D eigenvalue weighted by Crippen LogP contribution is 2.33. The number of furan rings is 1. The van der Waals surface area contributed by atoms with Gasteiger partial charge < -0.3 is 19.0 Å². The zero-order valence-corrected chi connectivity index (χ0v) is 21.9. The van der Waals surface area contributed by atoms with Gasteiger partial charge in [0.15, 0.2) is 11.5 Å². The average molecular weight is 553 g/mol. The second-order valence-corrected chi connectivity index (χ2v) is 8.79. The number of carboxylic acids is 1. The van der Waals surface area contributed by atoms with E-state index in [0.29, 0.717) is 40.8 Å². The first-order chi connectivity index (χ1) is 19.9. The van der Waals surface area contributed by atoms with Crippen LogP contribution in [0.15, 0.2) is 101 Å². The van der Waals surface area contributed by atoms with Crippen molar-refractivity contribution >= 4 is 41.3 Å². The molecule has 10 heteroatoms. The monoisotopic (exact) mass is 552 g/mol. The Labute approximate surface area is 234 Å². The molecule has 0 spiro atoms. The maximum atomic E-state index is 13.6. The van der Waals surface area contributed by atoms with Crippen LogP contribution < -0.4 is 19.3 Å². The molecule has 206 valence electrons. The van der Waals surface area contributed by atoms with E-state index >= 15 is 0 Å². The van der Waals surface area contributed by atoms with E-state index in [9.17, 15) is 19.2 Å². The van der Waals surface area contributed by atoms with Gasteiger partial charge in [-0.2, -0.15) is 0 Å². The minimum atomic E-state index is -1.19. The third-order valence-corrected chi connectivity index (χ3v) is 6.10. The van der Waals surface area contributed by atoms with E-state index in [4.69, 9.17) is 19.0 Å². The fourth-order valence-corrected chi connectivity index (χ4v) is 4.23. The van der Waals surface area contributed by atoms with Crippen LogP contribution in [0.5, 0.6) is 11.5 Å². The van der Waals surface area contributed by atoms with Gasteiger partial charge in [-0.25, -0.2) is 19.4 Å². The van der Waals surface area contributed by atoms with E-state index in [2.05, 4.69) is 0 Å². The zero-order valence-electron chi connectivity index (χ0n) is 21.9. The Balaban J connectivity index is 1.49. The molecule has 1 aromatic heterocycles. The Hall–Kier alpha value is -5.64. The van der Waals surface area contributed by atoms with Crippen molar-refractivity contribution in [3.8, 4) is 11.5 Å². The highest BCUT2D eigenvalue weighted by molar-refractivity contribution is 6.46. The second-order valence-electron chi connectivity index (χ2n) is 8.79. The SMILES string of the molecule is CCOc1cc(C=C2C(=O)N(c3ccccc3)C(=O)N(c3ccccc3)C2=O)ccc1OCc1ccc(C(=O)O)o1. The minimum absolute atomic E-state index is 0.0506. The molecule has 1 fully saturated rings. The van der Waals surface area contributed by atoms with Crippen LogP contribution in [0.4, 0.5) is 16.2 Å². The minimum Gasteiger partial charge on any atom is -0.490 e. The molecule has 4 aromatic rings. The van der Waals surface area contributed by atoms with Crippen LogP contribution in [0.3, 0.4) is 0 Å². The first-order valence-corrected chi connectivity index (χ1v) is 12.6. The molecule has 0 atom stereocenters. The van der Waals surface area contributed by atoms with Crippen LogP contribution in [0.1, 0.15) is 28.8 Å². The Kier molecular flexibility index (Phi) is 7.64. The maximum Gasteiger partial charge on any atom is 0.371 e.